The summed E-state index contributed by atoms with van der Waals surface area (Å²) in [5.41, 5.74) is 1.17. The number of hydrogen-bond donors (Lipinski definition) is 2. The standard InChI is InChI=1S/C24H31F2NO3/c1-23(2,3)19-7-10-20(11-8-19)30-21-9-6-17-12-16(4-5-18(17)13-21)14-27-15-24(25,26)22(28)29/h4-6,9,12-13,19-20,27H,7-8,10-11,14-15H2,1-3H3,(H,28,29). The van der Waals surface area contributed by atoms with E-state index in [-0.39, 0.29) is 12.6 Å². The van der Waals surface area contributed by atoms with Crippen LogP contribution in [0.15, 0.2) is 36.4 Å². The number of carbonyl (C=O) groups is 1. The van der Waals surface area contributed by atoms with Crippen LogP contribution < -0.4 is 10.1 Å². The van der Waals surface area contributed by atoms with Crippen molar-refractivity contribution in [3.63, 3.8) is 0 Å². The van der Waals surface area contributed by atoms with Crippen molar-refractivity contribution in [2.45, 2.75) is 65.0 Å². The van der Waals surface area contributed by atoms with Gasteiger partial charge in [-0.25, -0.2) is 4.79 Å². The number of carboxylic acids is 1. The Balaban J connectivity index is 1.57. The van der Waals surface area contributed by atoms with E-state index in [1.807, 2.05) is 36.4 Å². The molecule has 1 saturated carbocycles. The molecule has 1 aliphatic carbocycles. The molecule has 164 valence electrons. The van der Waals surface area contributed by atoms with E-state index in [1.165, 1.54) is 12.8 Å². The molecule has 1 fully saturated rings. The normalized spacial score (nSPS) is 20.3. The van der Waals surface area contributed by atoms with Gasteiger partial charge in [0.25, 0.3) is 0 Å². The third-order valence-corrected chi connectivity index (χ3v) is 6.07. The molecule has 4 nitrogen and oxygen atoms in total. The second-order valence-corrected chi connectivity index (χ2v) is 9.41. The SMILES string of the molecule is CC(C)(C)C1CCC(Oc2ccc3cc(CNCC(F)(F)C(=O)O)ccc3c2)CC1. The lowest BCUT2D eigenvalue weighted by Crippen LogP contribution is -2.39. The van der Waals surface area contributed by atoms with Crippen molar-refractivity contribution in [3.8, 4) is 5.75 Å². The topological polar surface area (TPSA) is 58.6 Å². The highest BCUT2D eigenvalue weighted by atomic mass is 19.3. The Hall–Kier alpha value is -2.21. The second-order valence-electron chi connectivity index (χ2n) is 9.41. The Morgan fingerprint density at radius 2 is 1.70 bits per heavy atom. The van der Waals surface area contributed by atoms with Crippen LogP contribution in [0.1, 0.15) is 52.0 Å². The number of fused-ring (bicyclic) bond motifs is 1. The Kier molecular flexibility index (Phi) is 6.65. The van der Waals surface area contributed by atoms with E-state index in [4.69, 9.17) is 9.84 Å². The number of rotatable bonds is 7. The minimum atomic E-state index is -3.77. The molecule has 6 heteroatoms. The molecule has 2 N–H and O–H groups in total. The molecule has 0 amide bonds. The van der Waals surface area contributed by atoms with E-state index in [0.717, 1.165) is 40.8 Å². The predicted molar refractivity (Wildman–Crippen MR) is 114 cm³/mol. The maximum absolute atomic E-state index is 13.1. The molecule has 1 aliphatic rings. The van der Waals surface area contributed by atoms with Crippen LogP contribution in [0.3, 0.4) is 0 Å². The third-order valence-electron chi connectivity index (χ3n) is 6.07. The van der Waals surface area contributed by atoms with Gasteiger partial charge in [0.2, 0.25) is 0 Å². The van der Waals surface area contributed by atoms with Gasteiger partial charge < -0.3 is 15.2 Å². The van der Waals surface area contributed by atoms with Crippen molar-refractivity contribution in [3.05, 3.63) is 42.0 Å². The first-order valence-corrected chi connectivity index (χ1v) is 10.6. The van der Waals surface area contributed by atoms with Crippen LogP contribution in [0.4, 0.5) is 8.78 Å². The number of alkyl halides is 2. The van der Waals surface area contributed by atoms with E-state index in [9.17, 15) is 13.6 Å². The van der Waals surface area contributed by atoms with Crippen LogP contribution in [-0.2, 0) is 11.3 Å². The number of benzene rings is 2. The average molecular weight is 420 g/mol. The molecule has 0 spiro atoms. The summed E-state index contributed by atoms with van der Waals surface area (Å²) in [6.45, 7) is 6.20. The van der Waals surface area contributed by atoms with Gasteiger partial charge in [-0.3, -0.25) is 0 Å². The fraction of sp³-hybridized carbons (Fsp3) is 0.542. The summed E-state index contributed by atoms with van der Waals surface area (Å²) in [5.74, 6) is -4.28. The van der Waals surface area contributed by atoms with Gasteiger partial charge in [-0.2, -0.15) is 8.78 Å². The molecule has 0 radical (unpaired) electrons. The number of hydrogen-bond acceptors (Lipinski definition) is 3. The Labute approximate surface area is 176 Å². The lowest BCUT2D eigenvalue weighted by atomic mass is 9.72. The van der Waals surface area contributed by atoms with Crippen LogP contribution in [0.2, 0.25) is 0 Å². The molecule has 0 unspecified atom stereocenters. The Morgan fingerprint density at radius 3 is 2.33 bits per heavy atom. The summed E-state index contributed by atoms with van der Waals surface area (Å²) in [6, 6.07) is 11.6. The van der Waals surface area contributed by atoms with Gasteiger partial charge in [-0.1, -0.05) is 39.0 Å². The maximum atomic E-state index is 13.1. The van der Waals surface area contributed by atoms with Crippen molar-refractivity contribution in [1.82, 2.24) is 5.32 Å². The monoisotopic (exact) mass is 419 g/mol. The summed E-state index contributed by atoms with van der Waals surface area (Å²) in [6.07, 6.45) is 4.79. The highest BCUT2D eigenvalue weighted by Crippen LogP contribution is 2.39. The molecule has 0 aliphatic heterocycles. The Bertz CT molecular complexity index is 884. The molecule has 0 atom stereocenters. The van der Waals surface area contributed by atoms with Crippen LogP contribution in [0.5, 0.6) is 5.75 Å². The van der Waals surface area contributed by atoms with E-state index in [1.54, 1.807) is 0 Å². The summed E-state index contributed by atoms with van der Waals surface area (Å²) in [5, 5.41) is 13.0. The molecule has 0 heterocycles. The molecule has 30 heavy (non-hydrogen) atoms. The van der Waals surface area contributed by atoms with Gasteiger partial charge in [-0.15, -0.1) is 0 Å². The lowest BCUT2D eigenvalue weighted by Gasteiger charge is -2.37. The largest absolute Gasteiger partial charge is 0.490 e. The first kappa shape index (κ1) is 22.5. The molecule has 0 saturated heterocycles. The van der Waals surface area contributed by atoms with Crippen LogP contribution in [0.25, 0.3) is 10.8 Å². The Morgan fingerprint density at radius 1 is 1.07 bits per heavy atom. The zero-order chi connectivity index (χ0) is 21.9. The lowest BCUT2D eigenvalue weighted by molar-refractivity contribution is -0.164. The van der Waals surface area contributed by atoms with Gasteiger partial charge in [0.15, 0.2) is 0 Å². The number of halogens is 2. The fourth-order valence-corrected chi connectivity index (χ4v) is 4.14. The molecule has 2 aromatic carbocycles. The molecule has 0 bridgehead atoms. The molecule has 0 aromatic heterocycles. The van der Waals surface area contributed by atoms with Crippen molar-refractivity contribution < 1.29 is 23.4 Å². The molecular weight excluding hydrogens is 388 g/mol. The highest BCUT2D eigenvalue weighted by Gasteiger charge is 2.38. The van der Waals surface area contributed by atoms with E-state index in [0.29, 0.717) is 5.41 Å². The average Bonchev–Trinajstić information content (AvgIpc) is 2.67. The summed E-state index contributed by atoms with van der Waals surface area (Å²) in [7, 11) is 0. The fourth-order valence-electron chi connectivity index (χ4n) is 4.14. The van der Waals surface area contributed by atoms with Crippen molar-refractivity contribution >= 4 is 16.7 Å². The summed E-state index contributed by atoms with van der Waals surface area (Å²) < 4.78 is 32.5. The van der Waals surface area contributed by atoms with Gasteiger partial charge in [0.05, 0.1) is 12.6 Å². The minimum absolute atomic E-state index is 0.175. The zero-order valence-corrected chi connectivity index (χ0v) is 17.9. The van der Waals surface area contributed by atoms with Crippen molar-refractivity contribution in [1.29, 1.82) is 0 Å². The quantitative estimate of drug-likeness (QED) is 0.610. The first-order chi connectivity index (χ1) is 14.0. The maximum Gasteiger partial charge on any atom is 0.375 e. The number of carboxylic acid groups (broad SMARTS) is 1. The predicted octanol–water partition coefficient (Wildman–Crippen LogP) is 5.63. The van der Waals surface area contributed by atoms with E-state index < -0.39 is 18.4 Å². The van der Waals surface area contributed by atoms with Gasteiger partial charge in [0.1, 0.15) is 5.75 Å². The minimum Gasteiger partial charge on any atom is -0.490 e. The van der Waals surface area contributed by atoms with Gasteiger partial charge in [-0.05, 0) is 71.6 Å². The highest BCUT2D eigenvalue weighted by molar-refractivity contribution is 5.84. The van der Waals surface area contributed by atoms with Crippen molar-refractivity contribution in [2.24, 2.45) is 11.3 Å². The van der Waals surface area contributed by atoms with Gasteiger partial charge >= 0.3 is 11.9 Å². The molecule has 2 aromatic rings. The molecular formula is C24H31F2NO3. The van der Waals surface area contributed by atoms with Gasteiger partial charge in [0, 0.05) is 6.54 Å². The molecule has 3 rings (SSSR count). The van der Waals surface area contributed by atoms with Crippen LogP contribution in [0, 0.1) is 11.3 Å². The smallest absolute Gasteiger partial charge is 0.375 e. The number of nitrogens with one attached hydrogen (secondary N) is 1. The summed E-state index contributed by atoms with van der Waals surface area (Å²) >= 11 is 0. The van der Waals surface area contributed by atoms with E-state index >= 15 is 0 Å². The second kappa shape index (κ2) is 8.88. The first-order valence-electron chi connectivity index (χ1n) is 10.6. The number of ether oxygens (including phenoxy) is 1. The van der Waals surface area contributed by atoms with Crippen molar-refractivity contribution in [2.75, 3.05) is 6.54 Å². The summed E-state index contributed by atoms with van der Waals surface area (Å²) in [4.78, 5) is 10.5. The number of aliphatic carboxylic acids is 1. The van der Waals surface area contributed by atoms with Crippen LogP contribution in [-0.4, -0.2) is 29.6 Å². The zero-order valence-electron chi connectivity index (χ0n) is 17.9. The van der Waals surface area contributed by atoms with Crippen LogP contribution >= 0.6 is 0 Å². The third kappa shape index (κ3) is 5.69. The van der Waals surface area contributed by atoms with E-state index in [2.05, 4.69) is 26.1 Å².